The number of piperazine rings is 1. The summed E-state index contributed by atoms with van der Waals surface area (Å²) in [5, 5.41) is 6.78. The third-order valence-electron chi connectivity index (χ3n) is 9.67. The number of aromatic nitrogens is 2. The van der Waals surface area contributed by atoms with Gasteiger partial charge >= 0.3 is 0 Å². The Labute approximate surface area is 280 Å². The molecule has 1 aromatic heterocycles. The van der Waals surface area contributed by atoms with Gasteiger partial charge in [0.25, 0.3) is 0 Å². The molecule has 0 aliphatic carbocycles. The van der Waals surface area contributed by atoms with Crippen LogP contribution in [-0.2, 0) is 22.9 Å². The van der Waals surface area contributed by atoms with Crippen LogP contribution in [0.1, 0.15) is 37.8 Å². The summed E-state index contributed by atoms with van der Waals surface area (Å²) in [4.78, 5) is 17.0. The van der Waals surface area contributed by atoms with E-state index in [0.717, 1.165) is 49.6 Å². The van der Waals surface area contributed by atoms with E-state index in [4.69, 9.17) is 9.72 Å². The van der Waals surface area contributed by atoms with Gasteiger partial charge in [0.15, 0.2) is 0 Å². The van der Waals surface area contributed by atoms with Gasteiger partial charge in [-0.1, -0.05) is 12.1 Å². The van der Waals surface area contributed by atoms with E-state index in [1.807, 2.05) is 18.2 Å². The maximum absolute atomic E-state index is 12.5. The first kappa shape index (κ1) is 31.5. The van der Waals surface area contributed by atoms with Crippen molar-refractivity contribution in [3.05, 3.63) is 52.1 Å². The quantitative estimate of drug-likeness (QED) is 0.349. The van der Waals surface area contributed by atoms with E-state index in [-0.39, 0.29) is 5.60 Å². The Balaban J connectivity index is 1.11. The van der Waals surface area contributed by atoms with E-state index in [1.165, 1.54) is 47.7 Å². The lowest BCUT2D eigenvalue weighted by atomic mass is 9.96. The lowest BCUT2D eigenvalue weighted by Crippen LogP contribution is -2.52. The molecule has 2 fully saturated rings. The highest BCUT2D eigenvalue weighted by Gasteiger charge is 2.37. The zero-order valence-electron chi connectivity index (χ0n) is 27.0. The highest BCUT2D eigenvalue weighted by molar-refractivity contribution is 9.10. The van der Waals surface area contributed by atoms with Crippen molar-refractivity contribution < 1.29 is 13.2 Å². The molecule has 2 saturated heterocycles. The van der Waals surface area contributed by atoms with Crippen molar-refractivity contribution in [2.24, 2.45) is 0 Å². The Morgan fingerprint density at radius 2 is 1.74 bits per heavy atom. The Bertz CT molecular complexity index is 1740. The Hall–Kier alpha value is -3.13. The first-order valence-electron chi connectivity index (χ1n) is 16.1. The van der Waals surface area contributed by atoms with Crippen LogP contribution in [0.5, 0.6) is 5.75 Å². The average molecular weight is 712 g/mol. The summed E-state index contributed by atoms with van der Waals surface area (Å²) in [7, 11) is -1.20. The number of benzene rings is 2. The third-order valence-corrected chi connectivity index (χ3v) is 11.4. The fraction of sp³-hybridized carbons (Fsp3) is 0.515. The highest BCUT2D eigenvalue weighted by atomic mass is 79.9. The highest BCUT2D eigenvalue weighted by Crippen LogP contribution is 2.47. The number of hydrogen-bond donors (Lipinski definition) is 2. The number of nitrogens with one attached hydrogen (secondary N) is 2. The van der Waals surface area contributed by atoms with E-state index in [0.29, 0.717) is 46.6 Å². The summed E-state index contributed by atoms with van der Waals surface area (Å²) >= 11 is 3.58. The van der Waals surface area contributed by atoms with Crippen LogP contribution in [0.2, 0.25) is 0 Å². The van der Waals surface area contributed by atoms with Crippen LogP contribution in [0.4, 0.5) is 34.5 Å². The summed E-state index contributed by atoms with van der Waals surface area (Å²) in [6, 6.07) is 10.7. The molecule has 4 aliphatic rings. The minimum atomic E-state index is -3.41. The summed E-state index contributed by atoms with van der Waals surface area (Å²) in [6.07, 6.45) is 6.79. The molecule has 5 heterocycles. The topological polar surface area (TPSA) is 106 Å². The number of ether oxygens (including phenoxy) is 1. The molecule has 13 heteroatoms. The summed E-state index contributed by atoms with van der Waals surface area (Å²) in [6.45, 7) is 11.4. The van der Waals surface area contributed by atoms with Gasteiger partial charge < -0.3 is 25.2 Å². The van der Waals surface area contributed by atoms with E-state index >= 15 is 0 Å². The standard InChI is InChI=1S/C33H43BrN8O3S/c1-33(2)20-24-28(41-13-11-23(12-14-41)40-18-16-39(3)17-19-40)9-8-27(30(24)45-33)37-32-35-21-25(34)31(38-32)36-26-7-5-6-22-10-15-42(29(22)26)46(4,43)44/h5-9,21,23H,10-20H2,1-4H3,(H2,35,36,37,38). The van der Waals surface area contributed by atoms with Gasteiger partial charge in [-0.3, -0.25) is 9.21 Å². The predicted octanol–water partition coefficient (Wildman–Crippen LogP) is 4.98. The molecule has 0 spiro atoms. The second-order valence-electron chi connectivity index (χ2n) is 13.6. The molecule has 0 unspecified atom stereocenters. The molecule has 2 N–H and O–H groups in total. The SMILES string of the molecule is CN1CCN(C2CCN(c3ccc(Nc4ncc(Br)c(Nc5cccc6c5N(S(C)(=O)=O)CC6)n4)c4c3CC(C)(C)O4)CC2)CC1. The van der Waals surface area contributed by atoms with Crippen molar-refractivity contribution in [2.75, 3.05) is 79.0 Å². The van der Waals surface area contributed by atoms with Gasteiger partial charge in [0, 0.05) is 75.7 Å². The van der Waals surface area contributed by atoms with Crippen LogP contribution in [0.25, 0.3) is 0 Å². The minimum Gasteiger partial charge on any atom is -0.485 e. The van der Waals surface area contributed by atoms with Crippen LogP contribution in [0.3, 0.4) is 0 Å². The molecule has 0 saturated carbocycles. The van der Waals surface area contributed by atoms with Crippen molar-refractivity contribution in [2.45, 2.75) is 51.2 Å². The molecule has 3 aromatic rings. The largest absolute Gasteiger partial charge is 0.485 e. The van der Waals surface area contributed by atoms with Gasteiger partial charge in [-0.05, 0) is 79.9 Å². The lowest BCUT2D eigenvalue weighted by Gasteiger charge is -2.43. The van der Waals surface area contributed by atoms with Crippen LogP contribution in [0.15, 0.2) is 41.0 Å². The van der Waals surface area contributed by atoms with Crippen molar-refractivity contribution in [3.63, 3.8) is 0 Å². The number of nitrogens with zero attached hydrogens (tertiary/aromatic N) is 6. The van der Waals surface area contributed by atoms with E-state index in [9.17, 15) is 8.42 Å². The molecule has 0 bridgehead atoms. The van der Waals surface area contributed by atoms with Crippen LogP contribution < -0.4 is 24.6 Å². The smallest absolute Gasteiger partial charge is 0.232 e. The number of likely N-dealkylation sites (N-methyl/N-ethyl adjacent to an activating group) is 1. The molecule has 0 radical (unpaired) electrons. The Kier molecular flexibility index (Phi) is 8.31. The molecule has 2 aromatic carbocycles. The zero-order chi connectivity index (χ0) is 32.2. The molecule has 11 nitrogen and oxygen atoms in total. The Morgan fingerprint density at radius 3 is 2.48 bits per heavy atom. The molecular formula is C33H43BrN8O3S. The van der Waals surface area contributed by atoms with Gasteiger partial charge in [-0.25, -0.2) is 13.4 Å². The number of hydrogen-bond acceptors (Lipinski definition) is 10. The normalized spacial score (nSPS) is 20.4. The molecule has 7 rings (SSSR count). The summed E-state index contributed by atoms with van der Waals surface area (Å²) < 4.78 is 33.7. The summed E-state index contributed by atoms with van der Waals surface area (Å²) in [5.41, 5.74) is 5.32. The van der Waals surface area contributed by atoms with Gasteiger partial charge in [0.05, 0.1) is 27.8 Å². The molecular weight excluding hydrogens is 668 g/mol. The molecule has 46 heavy (non-hydrogen) atoms. The Morgan fingerprint density at radius 1 is 0.978 bits per heavy atom. The average Bonchev–Trinajstić information content (AvgIpc) is 3.61. The van der Waals surface area contributed by atoms with Gasteiger partial charge in [0.1, 0.15) is 17.2 Å². The van der Waals surface area contributed by atoms with Gasteiger partial charge in [0.2, 0.25) is 16.0 Å². The molecule has 4 aliphatic heterocycles. The fourth-order valence-electron chi connectivity index (χ4n) is 7.31. The van der Waals surface area contributed by atoms with E-state index in [2.05, 4.69) is 79.3 Å². The first-order valence-corrected chi connectivity index (χ1v) is 18.8. The number of piperidine rings is 1. The maximum Gasteiger partial charge on any atom is 0.232 e. The number of halogens is 1. The summed E-state index contributed by atoms with van der Waals surface area (Å²) in [5.74, 6) is 1.80. The lowest BCUT2D eigenvalue weighted by molar-refractivity contribution is 0.0982. The fourth-order valence-corrected chi connectivity index (χ4v) is 8.57. The van der Waals surface area contributed by atoms with Crippen molar-refractivity contribution in [1.29, 1.82) is 0 Å². The van der Waals surface area contributed by atoms with Crippen LogP contribution >= 0.6 is 15.9 Å². The van der Waals surface area contributed by atoms with Crippen molar-refractivity contribution >= 4 is 60.5 Å². The molecule has 0 atom stereocenters. The molecule has 246 valence electrons. The van der Waals surface area contributed by atoms with E-state index < -0.39 is 10.0 Å². The van der Waals surface area contributed by atoms with Gasteiger partial charge in [-0.2, -0.15) is 4.98 Å². The molecule has 0 amide bonds. The van der Waals surface area contributed by atoms with Crippen molar-refractivity contribution in [3.8, 4) is 5.75 Å². The number of rotatable bonds is 7. The predicted molar refractivity (Wildman–Crippen MR) is 188 cm³/mol. The maximum atomic E-state index is 12.5. The second kappa shape index (κ2) is 12.1. The number of sulfonamides is 1. The third kappa shape index (κ3) is 6.26. The first-order chi connectivity index (χ1) is 21.9. The van der Waals surface area contributed by atoms with Crippen LogP contribution in [0, 0.1) is 0 Å². The number of para-hydroxylation sites is 1. The van der Waals surface area contributed by atoms with Gasteiger partial charge in [-0.15, -0.1) is 0 Å². The van der Waals surface area contributed by atoms with Crippen molar-refractivity contribution in [1.82, 2.24) is 19.8 Å². The second-order valence-corrected chi connectivity index (χ2v) is 16.3. The van der Waals surface area contributed by atoms with E-state index in [1.54, 1.807) is 6.20 Å². The number of anilines is 6. The number of fused-ring (bicyclic) bond motifs is 2. The van der Waals surface area contributed by atoms with Crippen LogP contribution in [-0.4, -0.2) is 98.9 Å². The zero-order valence-corrected chi connectivity index (χ0v) is 29.4. The minimum absolute atomic E-state index is 0.320. The monoisotopic (exact) mass is 710 g/mol.